The van der Waals surface area contributed by atoms with Crippen LogP contribution in [0.4, 0.5) is 0 Å². The van der Waals surface area contributed by atoms with E-state index in [1.165, 1.54) is 5.56 Å². The van der Waals surface area contributed by atoms with E-state index >= 15 is 0 Å². The van der Waals surface area contributed by atoms with Gasteiger partial charge < -0.3 is 15.2 Å². The molecule has 14 heavy (non-hydrogen) atoms. The van der Waals surface area contributed by atoms with Crippen LogP contribution >= 0.6 is 0 Å². The number of benzene rings is 1. The molecular formula is C11H15NO2. The number of hydrogen-bond acceptors (Lipinski definition) is 3. The van der Waals surface area contributed by atoms with Crippen molar-refractivity contribution < 1.29 is 9.47 Å². The van der Waals surface area contributed by atoms with Gasteiger partial charge in [0.15, 0.2) is 11.5 Å². The third kappa shape index (κ3) is 1.16. The minimum Gasteiger partial charge on any atom is -0.493 e. The topological polar surface area (TPSA) is 44.5 Å². The Balaban J connectivity index is 2.49. The van der Waals surface area contributed by atoms with E-state index in [-0.39, 0.29) is 5.54 Å². The first kappa shape index (κ1) is 9.34. The van der Waals surface area contributed by atoms with Crippen molar-refractivity contribution in [3.8, 4) is 11.5 Å². The molecule has 76 valence electrons. The standard InChI is InChI=1S/C11H15NO2/c1-11(12)6-7-4-9(13-2)10(14-3)5-8(7)11/h4-5H,6,12H2,1-3H3/t11-/m0/s1. The molecule has 0 saturated heterocycles. The molecule has 0 radical (unpaired) electrons. The quantitative estimate of drug-likeness (QED) is 0.772. The monoisotopic (exact) mass is 193 g/mol. The van der Waals surface area contributed by atoms with Crippen molar-refractivity contribution in [3.63, 3.8) is 0 Å². The molecule has 0 aromatic heterocycles. The van der Waals surface area contributed by atoms with Gasteiger partial charge in [-0.25, -0.2) is 0 Å². The van der Waals surface area contributed by atoms with E-state index in [9.17, 15) is 0 Å². The molecule has 2 N–H and O–H groups in total. The fraction of sp³-hybridized carbons (Fsp3) is 0.455. The molecule has 1 atom stereocenters. The van der Waals surface area contributed by atoms with Gasteiger partial charge in [0.05, 0.1) is 14.2 Å². The van der Waals surface area contributed by atoms with Crippen molar-refractivity contribution in [2.45, 2.75) is 18.9 Å². The summed E-state index contributed by atoms with van der Waals surface area (Å²) in [6.45, 7) is 2.03. The van der Waals surface area contributed by atoms with Gasteiger partial charge >= 0.3 is 0 Å². The predicted molar refractivity (Wildman–Crippen MR) is 54.8 cm³/mol. The smallest absolute Gasteiger partial charge is 0.161 e. The summed E-state index contributed by atoms with van der Waals surface area (Å²) >= 11 is 0. The summed E-state index contributed by atoms with van der Waals surface area (Å²) in [5.74, 6) is 1.53. The van der Waals surface area contributed by atoms with Crippen LogP contribution in [0.5, 0.6) is 11.5 Å². The average Bonchev–Trinajstić information content (AvgIpc) is 2.15. The van der Waals surface area contributed by atoms with Crippen LogP contribution in [0, 0.1) is 0 Å². The highest BCUT2D eigenvalue weighted by Gasteiger charge is 2.35. The molecule has 0 saturated carbocycles. The number of hydrogen-bond donors (Lipinski definition) is 1. The van der Waals surface area contributed by atoms with Crippen molar-refractivity contribution in [1.29, 1.82) is 0 Å². The first-order valence-corrected chi connectivity index (χ1v) is 4.63. The zero-order valence-electron chi connectivity index (χ0n) is 8.76. The first-order valence-electron chi connectivity index (χ1n) is 4.63. The van der Waals surface area contributed by atoms with Crippen molar-refractivity contribution in [1.82, 2.24) is 0 Å². The van der Waals surface area contributed by atoms with E-state index in [1.807, 2.05) is 19.1 Å². The second-order valence-electron chi connectivity index (χ2n) is 3.96. The van der Waals surface area contributed by atoms with Crippen LogP contribution in [0.1, 0.15) is 18.1 Å². The minimum atomic E-state index is -0.200. The molecule has 0 heterocycles. The van der Waals surface area contributed by atoms with E-state index in [4.69, 9.17) is 15.2 Å². The van der Waals surface area contributed by atoms with Gasteiger partial charge in [-0.15, -0.1) is 0 Å². The van der Waals surface area contributed by atoms with Crippen LogP contribution in [0.2, 0.25) is 0 Å². The number of nitrogens with two attached hydrogens (primary N) is 1. The van der Waals surface area contributed by atoms with Gasteiger partial charge in [0.25, 0.3) is 0 Å². The maximum absolute atomic E-state index is 6.05. The predicted octanol–water partition coefficient (Wildman–Crippen LogP) is 1.43. The van der Waals surface area contributed by atoms with E-state index in [2.05, 4.69) is 0 Å². The zero-order valence-corrected chi connectivity index (χ0v) is 8.76. The number of rotatable bonds is 2. The Labute approximate surface area is 83.8 Å². The van der Waals surface area contributed by atoms with Gasteiger partial charge in [-0.05, 0) is 36.6 Å². The average molecular weight is 193 g/mol. The fourth-order valence-corrected chi connectivity index (χ4v) is 1.98. The molecule has 2 rings (SSSR count). The highest BCUT2D eigenvalue weighted by molar-refractivity contribution is 5.54. The maximum Gasteiger partial charge on any atom is 0.161 e. The normalized spacial score (nSPS) is 23.7. The molecule has 0 aliphatic heterocycles. The highest BCUT2D eigenvalue weighted by Crippen LogP contribution is 2.42. The Morgan fingerprint density at radius 2 is 1.79 bits per heavy atom. The van der Waals surface area contributed by atoms with Gasteiger partial charge in [0.2, 0.25) is 0 Å². The molecule has 3 heteroatoms. The molecule has 0 bridgehead atoms. The molecule has 0 fully saturated rings. The summed E-state index contributed by atoms with van der Waals surface area (Å²) in [6.07, 6.45) is 0.905. The summed E-state index contributed by atoms with van der Waals surface area (Å²) in [4.78, 5) is 0. The van der Waals surface area contributed by atoms with Gasteiger partial charge in [-0.3, -0.25) is 0 Å². The van der Waals surface area contributed by atoms with E-state index in [0.717, 1.165) is 23.5 Å². The van der Waals surface area contributed by atoms with Crippen LogP contribution in [0.15, 0.2) is 12.1 Å². The summed E-state index contributed by atoms with van der Waals surface area (Å²) in [7, 11) is 3.28. The molecule has 0 unspecified atom stereocenters. The van der Waals surface area contributed by atoms with Crippen molar-refractivity contribution >= 4 is 0 Å². The lowest BCUT2D eigenvalue weighted by molar-refractivity contribution is 0.345. The summed E-state index contributed by atoms with van der Waals surface area (Å²) in [5, 5.41) is 0. The van der Waals surface area contributed by atoms with E-state index in [1.54, 1.807) is 14.2 Å². The Kier molecular flexibility index (Phi) is 1.93. The lowest BCUT2D eigenvalue weighted by atomic mass is 9.72. The van der Waals surface area contributed by atoms with Gasteiger partial charge in [0, 0.05) is 5.54 Å². The molecule has 0 amide bonds. The summed E-state index contributed by atoms with van der Waals surface area (Å²) in [6, 6.07) is 3.97. The Hall–Kier alpha value is -1.22. The molecular weight excluding hydrogens is 178 g/mol. The second kappa shape index (κ2) is 2.89. The zero-order chi connectivity index (χ0) is 10.3. The van der Waals surface area contributed by atoms with Gasteiger partial charge in [-0.1, -0.05) is 0 Å². The van der Waals surface area contributed by atoms with Crippen LogP contribution in [0.3, 0.4) is 0 Å². The first-order chi connectivity index (χ1) is 6.58. The minimum absolute atomic E-state index is 0.200. The lowest BCUT2D eigenvalue weighted by Gasteiger charge is -2.38. The largest absolute Gasteiger partial charge is 0.493 e. The fourth-order valence-electron chi connectivity index (χ4n) is 1.98. The van der Waals surface area contributed by atoms with Crippen molar-refractivity contribution in [3.05, 3.63) is 23.3 Å². The lowest BCUT2D eigenvalue weighted by Crippen LogP contribution is -2.44. The molecule has 1 aliphatic carbocycles. The van der Waals surface area contributed by atoms with Crippen molar-refractivity contribution in [2.75, 3.05) is 14.2 Å². The molecule has 1 aromatic carbocycles. The molecule has 0 spiro atoms. The van der Waals surface area contributed by atoms with E-state index < -0.39 is 0 Å². The Bertz CT molecular complexity index is 372. The van der Waals surface area contributed by atoms with Crippen LogP contribution in [-0.4, -0.2) is 14.2 Å². The third-order valence-corrected chi connectivity index (χ3v) is 2.78. The van der Waals surface area contributed by atoms with Crippen LogP contribution in [-0.2, 0) is 12.0 Å². The molecule has 1 aliphatic rings. The van der Waals surface area contributed by atoms with Crippen LogP contribution in [0.25, 0.3) is 0 Å². The number of methoxy groups -OCH3 is 2. The highest BCUT2D eigenvalue weighted by atomic mass is 16.5. The number of ether oxygens (including phenoxy) is 2. The summed E-state index contributed by atoms with van der Waals surface area (Å²) < 4.78 is 10.4. The van der Waals surface area contributed by atoms with Gasteiger partial charge in [0.1, 0.15) is 0 Å². The molecule has 3 nitrogen and oxygen atoms in total. The second-order valence-corrected chi connectivity index (χ2v) is 3.96. The van der Waals surface area contributed by atoms with Gasteiger partial charge in [-0.2, -0.15) is 0 Å². The SMILES string of the molecule is COc1cc2c(cc1OC)[C@@](C)(N)C2. The number of fused-ring (bicyclic) bond motifs is 1. The maximum atomic E-state index is 6.05. The van der Waals surface area contributed by atoms with E-state index in [0.29, 0.717) is 0 Å². The van der Waals surface area contributed by atoms with Crippen LogP contribution < -0.4 is 15.2 Å². The van der Waals surface area contributed by atoms with Crippen molar-refractivity contribution in [2.24, 2.45) is 5.73 Å². The Morgan fingerprint density at radius 1 is 1.21 bits per heavy atom. The third-order valence-electron chi connectivity index (χ3n) is 2.78. The molecule has 1 aromatic rings. The summed E-state index contributed by atoms with van der Waals surface area (Å²) in [5.41, 5.74) is 8.27. The Morgan fingerprint density at radius 3 is 2.29 bits per heavy atom.